The van der Waals surface area contributed by atoms with Gasteiger partial charge in [-0.25, -0.2) is 0 Å². The molecule has 0 radical (unpaired) electrons. The van der Waals surface area contributed by atoms with Crippen molar-refractivity contribution in [1.82, 2.24) is 10.1 Å². The van der Waals surface area contributed by atoms with E-state index in [-0.39, 0.29) is 0 Å². The molecular weight excluding hydrogens is 136 g/mol. The van der Waals surface area contributed by atoms with Crippen LogP contribution in [-0.4, -0.2) is 10.1 Å². The highest BCUT2D eigenvalue weighted by Gasteiger charge is 1.98. The quantitative estimate of drug-likeness (QED) is 0.636. The molecule has 3 nitrogen and oxygen atoms in total. The molecule has 4 heteroatoms. The van der Waals surface area contributed by atoms with Gasteiger partial charge in [-0.3, -0.25) is 0 Å². The van der Waals surface area contributed by atoms with E-state index in [1.807, 2.05) is 0 Å². The van der Waals surface area contributed by atoms with Gasteiger partial charge in [0.05, 0.1) is 0 Å². The highest BCUT2D eigenvalue weighted by atomic mass is 32.1. The second-order valence-corrected chi connectivity index (χ2v) is 2.13. The second-order valence-electron chi connectivity index (χ2n) is 1.74. The first-order valence-corrected chi connectivity index (χ1v) is 3.29. The average Bonchev–Trinajstić information content (AvgIpc) is 2.17. The zero-order valence-electron chi connectivity index (χ0n) is 5.16. The highest BCUT2D eigenvalue weighted by molar-refractivity contribution is 7.80. The Morgan fingerprint density at radius 3 is 2.89 bits per heavy atom. The van der Waals surface area contributed by atoms with E-state index in [0.29, 0.717) is 5.22 Å². The van der Waals surface area contributed by atoms with Crippen molar-refractivity contribution in [2.45, 2.75) is 25.0 Å². The Bertz CT molecular complexity index is 187. The number of nitrogens with zero attached hydrogens (tertiary/aromatic N) is 2. The molecule has 0 aliphatic heterocycles. The Balaban J connectivity index is 2.61. The smallest absolute Gasteiger partial charge is 0.282 e. The lowest BCUT2D eigenvalue weighted by Gasteiger charge is -1.81. The molecule has 0 atom stereocenters. The molecule has 0 N–H and O–H groups in total. The number of aryl methyl sites for hydroxylation is 1. The van der Waals surface area contributed by atoms with Crippen LogP contribution in [0.3, 0.4) is 0 Å². The van der Waals surface area contributed by atoms with Gasteiger partial charge in [0.2, 0.25) is 0 Å². The van der Waals surface area contributed by atoms with Crippen molar-refractivity contribution in [3.8, 4) is 0 Å². The summed E-state index contributed by atoms with van der Waals surface area (Å²) in [5, 5.41) is 3.99. The molecule has 0 amide bonds. The SMILES string of the molecule is CCCc1noc(S)n1. The Labute approximate surface area is 58.9 Å². The number of rotatable bonds is 2. The van der Waals surface area contributed by atoms with Gasteiger partial charge >= 0.3 is 0 Å². The van der Waals surface area contributed by atoms with E-state index in [1.165, 1.54) is 0 Å². The molecule has 0 fully saturated rings. The zero-order valence-corrected chi connectivity index (χ0v) is 6.06. The summed E-state index contributed by atoms with van der Waals surface area (Å²) in [5.41, 5.74) is 0. The molecule has 9 heavy (non-hydrogen) atoms. The van der Waals surface area contributed by atoms with Gasteiger partial charge in [-0.2, -0.15) is 4.98 Å². The first-order chi connectivity index (χ1) is 4.33. The molecule has 0 spiro atoms. The van der Waals surface area contributed by atoms with E-state index >= 15 is 0 Å². The zero-order chi connectivity index (χ0) is 6.69. The van der Waals surface area contributed by atoms with Crippen LogP contribution in [0.4, 0.5) is 0 Å². The standard InChI is InChI=1S/C5H8N2OS/c1-2-3-4-6-5(9)8-7-4/h2-3H2,1H3,(H,6,7,9). The van der Waals surface area contributed by atoms with Crippen molar-refractivity contribution in [3.05, 3.63) is 5.82 Å². The fourth-order valence-electron chi connectivity index (χ4n) is 0.570. The number of hydrogen-bond donors (Lipinski definition) is 1. The molecule has 0 bridgehead atoms. The average molecular weight is 144 g/mol. The van der Waals surface area contributed by atoms with Crippen LogP contribution in [0.25, 0.3) is 0 Å². The van der Waals surface area contributed by atoms with E-state index in [1.54, 1.807) is 0 Å². The first kappa shape index (κ1) is 6.61. The molecule has 1 rings (SSSR count). The van der Waals surface area contributed by atoms with Gasteiger partial charge in [-0.15, -0.1) is 0 Å². The molecule has 0 saturated carbocycles. The van der Waals surface area contributed by atoms with Crippen LogP contribution in [0.2, 0.25) is 0 Å². The molecule has 50 valence electrons. The van der Waals surface area contributed by atoms with Crippen molar-refractivity contribution >= 4 is 12.6 Å². The minimum Gasteiger partial charge on any atom is -0.328 e. The minimum atomic E-state index is 0.346. The summed E-state index contributed by atoms with van der Waals surface area (Å²) in [5.74, 6) is 0.738. The predicted molar refractivity (Wildman–Crippen MR) is 35.5 cm³/mol. The van der Waals surface area contributed by atoms with E-state index < -0.39 is 0 Å². The highest BCUT2D eigenvalue weighted by Crippen LogP contribution is 2.02. The van der Waals surface area contributed by atoms with E-state index in [4.69, 9.17) is 0 Å². The van der Waals surface area contributed by atoms with Crippen LogP contribution in [0.5, 0.6) is 0 Å². The summed E-state index contributed by atoms with van der Waals surface area (Å²) < 4.78 is 4.62. The predicted octanol–water partition coefficient (Wildman–Crippen LogP) is 1.31. The van der Waals surface area contributed by atoms with Crippen molar-refractivity contribution in [2.24, 2.45) is 0 Å². The van der Waals surface area contributed by atoms with Crippen LogP contribution in [0.15, 0.2) is 9.75 Å². The van der Waals surface area contributed by atoms with E-state index in [9.17, 15) is 0 Å². The monoisotopic (exact) mass is 144 g/mol. The van der Waals surface area contributed by atoms with Gasteiger partial charge in [0.1, 0.15) is 0 Å². The molecule has 0 aromatic carbocycles. The summed E-state index contributed by atoms with van der Waals surface area (Å²) in [6, 6.07) is 0. The van der Waals surface area contributed by atoms with Crippen LogP contribution >= 0.6 is 12.6 Å². The first-order valence-electron chi connectivity index (χ1n) is 2.84. The molecule has 0 aliphatic rings. The van der Waals surface area contributed by atoms with Gasteiger partial charge in [0.15, 0.2) is 5.82 Å². The number of hydrogen-bond acceptors (Lipinski definition) is 4. The number of thiol groups is 1. The van der Waals surface area contributed by atoms with Crippen LogP contribution in [0.1, 0.15) is 19.2 Å². The van der Waals surface area contributed by atoms with Crippen LogP contribution in [-0.2, 0) is 6.42 Å². The molecular formula is C5H8N2OS. The van der Waals surface area contributed by atoms with Gasteiger partial charge < -0.3 is 4.52 Å². The molecule has 0 saturated heterocycles. The maximum atomic E-state index is 4.62. The van der Waals surface area contributed by atoms with Crippen molar-refractivity contribution in [1.29, 1.82) is 0 Å². The lowest BCUT2D eigenvalue weighted by molar-refractivity contribution is 0.338. The van der Waals surface area contributed by atoms with Crippen LogP contribution < -0.4 is 0 Å². The maximum Gasteiger partial charge on any atom is 0.282 e. The molecule has 1 aromatic rings. The summed E-state index contributed by atoms with van der Waals surface area (Å²) in [4.78, 5) is 3.89. The molecule has 0 aliphatic carbocycles. The largest absolute Gasteiger partial charge is 0.328 e. The Morgan fingerprint density at radius 2 is 2.44 bits per heavy atom. The maximum absolute atomic E-state index is 4.62. The fraction of sp³-hybridized carbons (Fsp3) is 0.600. The van der Waals surface area contributed by atoms with Gasteiger partial charge in [0, 0.05) is 6.42 Å². The van der Waals surface area contributed by atoms with Crippen molar-refractivity contribution in [2.75, 3.05) is 0 Å². The minimum absolute atomic E-state index is 0.346. The Morgan fingerprint density at radius 1 is 1.67 bits per heavy atom. The van der Waals surface area contributed by atoms with Crippen LogP contribution in [0, 0.1) is 0 Å². The third-order valence-electron chi connectivity index (χ3n) is 0.931. The van der Waals surface area contributed by atoms with E-state index in [0.717, 1.165) is 18.7 Å². The summed E-state index contributed by atoms with van der Waals surface area (Å²) >= 11 is 3.86. The lowest BCUT2D eigenvalue weighted by Crippen LogP contribution is -1.83. The third-order valence-corrected chi connectivity index (χ3v) is 1.11. The van der Waals surface area contributed by atoms with Gasteiger partial charge in [0.25, 0.3) is 5.22 Å². The summed E-state index contributed by atoms with van der Waals surface area (Å²) in [6.45, 7) is 2.06. The summed E-state index contributed by atoms with van der Waals surface area (Å²) in [7, 11) is 0. The van der Waals surface area contributed by atoms with Crippen molar-refractivity contribution in [3.63, 3.8) is 0 Å². The topological polar surface area (TPSA) is 38.9 Å². The summed E-state index contributed by atoms with van der Waals surface area (Å²) in [6.07, 6.45) is 1.90. The Hall–Kier alpha value is -0.510. The second kappa shape index (κ2) is 2.87. The third kappa shape index (κ3) is 1.71. The number of aromatic nitrogens is 2. The molecule has 1 aromatic heterocycles. The van der Waals surface area contributed by atoms with Gasteiger partial charge in [-0.1, -0.05) is 24.7 Å². The van der Waals surface area contributed by atoms with E-state index in [2.05, 4.69) is 34.2 Å². The normalized spacial score (nSPS) is 10.0. The Kier molecular flexibility index (Phi) is 2.10. The molecule has 0 unspecified atom stereocenters. The van der Waals surface area contributed by atoms with Gasteiger partial charge in [-0.05, 0) is 6.42 Å². The fourth-order valence-corrected chi connectivity index (χ4v) is 0.726. The lowest BCUT2D eigenvalue weighted by atomic mass is 10.3. The van der Waals surface area contributed by atoms with Crippen molar-refractivity contribution < 1.29 is 4.52 Å². The molecule has 1 heterocycles.